The average molecular weight is 251 g/mol. The first-order valence-corrected chi connectivity index (χ1v) is 6.66. The molecule has 3 nitrogen and oxygen atoms in total. The third kappa shape index (κ3) is 5.17. The van der Waals surface area contributed by atoms with Gasteiger partial charge in [0.2, 0.25) is 0 Å². The average Bonchev–Trinajstić information content (AvgIpc) is 2.37. The van der Waals surface area contributed by atoms with E-state index in [1.807, 2.05) is 0 Å². The SMILES string of the molecule is CCCc1ccc(C(C)NCC(O)COC)cc1. The quantitative estimate of drug-likeness (QED) is 0.745. The number of aliphatic hydroxyl groups excluding tert-OH is 1. The second-order valence-corrected chi connectivity index (χ2v) is 4.73. The Balaban J connectivity index is 2.43. The van der Waals surface area contributed by atoms with Crippen molar-refractivity contribution < 1.29 is 9.84 Å². The van der Waals surface area contributed by atoms with Crippen molar-refractivity contribution in [1.82, 2.24) is 5.32 Å². The number of rotatable bonds is 8. The number of ether oxygens (including phenoxy) is 1. The third-order valence-electron chi connectivity index (χ3n) is 3.04. The van der Waals surface area contributed by atoms with E-state index in [2.05, 4.69) is 43.4 Å². The predicted molar refractivity (Wildman–Crippen MR) is 74.7 cm³/mol. The van der Waals surface area contributed by atoms with Crippen molar-refractivity contribution in [1.29, 1.82) is 0 Å². The van der Waals surface area contributed by atoms with E-state index in [4.69, 9.17) is 4.74 Å². The van der Waals surface area contributed by atoms with Crippen LogP contribution >= 0.6 is 0 Å². The van der Waals surface area contributed by atoms with Crippen LogP contribution in [0.1, 0.15) is 37.4 Å². The molecule has 18 heavy (non-hydrogen) atoms. The van der Waals surface area contributed by atoms with Crippen molar-refractivity contribution in [3.63, 3.8) is 0 Å². The van der Waals surface area contributed by atoms with E-state index < -0.39 is 6.10 Å². The third-order valence-corrected chi connectivity index (χ3v) is 3.04. The molecular weight excluding hydrogens is 226 g/mol. The molecule has 3 heteroatoms. The van der Waals surface area contributed by atoms with Crippen LogP contribution < -0.4 is 5.32 Å². The summed E-state index contributed by atoms with van der Waals surface area (Å²) >= 11 is 0. The molecule has 0 saturated carbocycles. The fourth-order valence-electron chi connectivity index (χ4n) is 1.94. The number of benzene rings is 1. The Morgan fingerprint density at radius 2 is 1.94 bits per heavy atom. The molecule has 0 heterocycles. The normalized spacial score (nSPS) is 14.4. The van der Waals surface area contributed by atoms with Gasteiger partial charge < -0.3 is 15.2 Å². The molecule has 0 aromatic heterocycles. The summed E-state index contributed by atoms with van der Waals surface area (Å²) in [6.45, 7) is 5.21. The van der Waals surface area contributed by atoms with Crippen LogP contribution in [-0.4, -0.2) is 31.5 Å². The van der Waals surface area contributed by atoms with Crippen LogP contribution in [-0.2, 0) is 11.2 Å². The van der Waals surface area contributed by atoms with Gasteiger partial charge in [0.05, 0.1) is 12.7 Å². The van der Waals surface area contributed by atoms with Crippen LogP contribution in [0.4, 0.5) is 0 Å². The highest BCUT2D eigenvalue weighted by Crippen LogP contribution is 2.14. The Kier molecular flexibility index (Phi) is 6.94. The monoisotopic (exact) mass is 251 g/mol. The standard InChI is InChI=1S/C15H25NO2/c1-4-5-13-6-8-14(9-7-13)12(2)16-10-15(17)11-18-3/h6-9,12,15-17H,4-5,10-11H2,1-3H3. The summed E-state index contributed by atoms with van der Waals surface area (Å²) < 4.78 is 4.89. The molecule has 0 spiro atoms. The second kappa shape index (κ2) is 8.25. The zero-order valence-corrected chi connectivity index (χ0v) is 11.6. The van der Waals surface area contributed by atoms with Gasteiger partial charge in [-0.25, -0.2) is 0 Å². The fraction of sp³-hybridized carbons (Fsp3) is 0.600. The van der Waals surface area contributed by atoms with Gasteiger partial charge in [-0.2, -0.15) is 0 Å². The largest absolute Gasteiger partial charge is 0.389 e. The van der Waals surface area contributed by atoms with E-state index in [1.54, 1.807) is 7.11 Å². The topological polar surface area (TPSA) is 41.5 Å². The number of nitrogens with one attached hydrogen (secondary N) is 1. The van der Waals surface area contributed by atoms with E-state index >= 15 is 0 Å². The van der Waals surface area contributed by atoms with Crippen LogP contribution in [0, 0.1) is 0 Å². The van der Waals surface area contributed by atoms with Crippen molar-refractivity contribution in [3.8, 4) is 0 Å². The van der Waals surface area contributed by atoms with Crippen LogP contribution in [0.5, 0.6) is 0 Å². The van der Waals surface area contributed by atoms with Crippen molar-refractivity contribution in [2.75, 3.05) is 20.3 Å². The first kappa shape index (κ1) is 15.2. The second-order valence-electron chi connectivity index (χ2n) is 4.73. The number of aliphatic hydroxyl groups is 1. The van der Waals surface area contributed by atoms with Gasteiger partial charge in [0, 0.05) is 19.7 Å². The summed E-state index contributed by atoms with van der Waals surface area (Å²) in [5.41, 5.74) is 2.63. The van der Waals surface area contributed by atoms with E-state index in [1.165, 1.54) is 17.5 Å². The zero-order valence-electron chi connectivity index (χ0n) is 11.6. The van der Waals surface area contributed by atoms with Crippen LogP contribution in [0.25, 0.3) is 0 Å². The van der Waals surface area contributed by atoms with E-state index in [9.17, 15) is 5.11 Å². The summed E-state index contributed by atoms with van der Waals surface area (Å²) in [6, 6.07) is 8.93. The van der Waals surface area contributed by atoms with Crippen molar-refractivity contribution in [3.05, 3.63) is 35.4 Å². The van der Waals surface area contributed by atoms with Crippen LogP contribution in [0.2, 0.25) is 0 Å². The molecule has 2 atom stereocenters. The number of hydrogen-bond donors (Lipinski definition) is 2. The van der Waals surface area contributed by atoms with Crippen molar-refractivity contribution in [2.45, 2.75) is 38.8 Å². The molecule has 0 aliphatic rings. The van der Waals surface area contributed by atoms with Gasteiger partial charge in [-0.3, -0.25) is 0 Å². The first-order valence-electron chi connectivity index (χ1n) is 6.66. The highest BCUT2D eigenvalue weighted by molar-refractivity contribution is 5.24. The van der Waals surface area contributed by atoms with Gasteiger partial charge in [-0.15, -0.1) is 0 Å². The molecule has 0 saturated heterocycles. The van der Waals surface area contributed by atoms with E-state index in [0.29, 0.717) is 13.2 Å². The maximum absolute atomic E-state index is 9.57. The lowest BCUT2D eigenvalue weighted by molar-refractivity contribution is 0.0630. The maximum Gasteiger partial charge on any atom is 0.0897 e. The molecule has 102 valence electrons. The Bertz CT molecular complexity index is 324. The molecule has 2 N–H and O–H groups in total. The maximum atomic E-state index is 9.57. The summed E-state index contributed by atoms with van der Waals surface area (Å²) in [4.78, 5) is 0. The highest BCUT2D eigenvalue weighted by Gasteiger charge is 2.08. The summed E-state index contributed by atoms with van der Waals surface area (Å²) in [5, 5.41) is 12.9. The Morgan fingerprint density at radius 3 is 2.50 bits per heavy atom. The number of aryl methyl sites for hydroxylation is 1. The molecule has 0 aliphatic heterocycles. The lowest BCUT2D eigenvalue weighted by atomic mass is 10.0. The number of hydrogen-bond acceptors (Lipinski definition) is 3. The Hall–Kier alpha value is -0.900. The van der Waals surface area contributed by atoms with E-state index in [0.717, 1.165) is 6.42 Å². The predicted octanol–water partition coefficient (Wildman–Crippen LogP) is 2.30. The van der Waals surface area contributed by atoms with Crippen molar-refractivity contribution >= 4 is 0 Å². The number of methoxy groups -OCH3 is 1. The van der Waals surface area contributed by atoms with Gasteiger partial charge in [0.25, 0.3) is 0 Å². The fourth-order valence-corrected chi connectivity index (χ4v) is 1.94. The smallest absolute Gasteiger partial charge is 0.0897 e. The summed E-state index contributed by atoms with van der Waals surface area (Å²) in [6.07, 6.45) is 1.86. The Morgan fingerprint density at radius 1 is 1.28 bits per heavy atom. The molecule has 0 bridgehead atoms. The van der Waals surface area contributed by atoms with Crippen LogP contribution in [0.15, 0.2) is 24.3 Å². The van der Waals surface area contributed by atoms with Gasteiger partial charge in [-0.1, -0.05) is 37.6 Å². The molecule has 1 aromatic carbocycles. The molecule has 0 aliphatic carbocycles. The van der Waals surface area contributed by atoms with E-state index in [-0.39, 0.29) is 6.04 Å². The minimum atomic E-state index is -0.447. The molecule has 0 amide bonds. The van der Waals surface area contributed by atoms with Gasteiger partial charge in [-0.05, 0) is 24.5 Å². The van der Waals surface area contributed by atoms with Gasteiger partial charge >= 0.3 is 0 Å². The molecule has 1 aromatic rings. The first-order chi connectivity index (χ1) is 8.67. The summed E-state index contributed by atoms with van der Waals surface area (Å²) in [5.74, 6) is 0. The van der Waals surface area contributed by atoms with Crippen LogP contribution in [0.3, 0.4) is 0 Å². The highest BCUT2D eigenvalue weighted by atomic mass is 16.5. The molecule has 0 fully saturated rings. The molecule has 2 unspecified atom stereocenters. The molecule has 0 radical (unpaired) electrons. The molecular formula is C15H25NO2. The minimum Gasteiger partial charge on any atom is -0.389 e. The van der Waals surface area contributed by atoms with Crippen molar-refractivity contribution in [2.24, 2.45) is 0 Å². The lowest BCUT2D eigenvalue weighted by Crippen LogP contribution is -2.31. The van der Waals surface area contributed by atoms with Gasteiger partial charge in [0.15, 0.2) is 0 Å². The van der Waals surface area contributed by atoms with Gasteiger partial charge in [0.1, 0.15) is 0 Å². The summed E-state index contributed by atoms with van der Waals surface area (Å²) in [7, 11) is 1.60. The molecule has 1 rings (SSSR count). The zero-order chi connectivity index (χ0) is 13.4. The Labute approximate surface area is 110 Å². The lowest BCUT2D eigenvalue weighted by Gasteiger charge is -2.17. The minimum absolute atomic E-state index is 0.243.